The molecule has 2 aromatic rings. The zero-order valence-electron chi connectivity index (χ0n) is 12.9. The smallest absolute Gasteiger partial charge is 0.225 e. The van der Waals surface area contributed by atoms with E-state index < -0.39 is 0 Å². The maximum absolute atomic E-state index is 6.15. The highest BCUT2D eigenvalue weighted by molar-refractivity contribution is 6.31. The van der Waals surface area contributed by atoms with E-state index in [1.54, 1.807) is 0 Å². The summed E-state index contributed by atoms with van der Waals surface area (Å²) in [4.78, 5) is 8.90. The summed E-state index contributed by atoms with van der Waals surface area (Å²) in [7, 11) is 0. The normalized spacial score (nSPS) is 12.0. The SMILES string of the molecule is CCC(C)Nc1nc(C)cc(Nc2ccc(C)c(Cl)c2)n1. The molecule has 0 spiro atoms. The van der Waals surface area contributed by atoms with Crippen molar-refractivity contribution in [2.24, 2.45) is 0 Å². The van der Waals surface area contributed by atoms with Crippen LogP contribution >= 0.6 is 11.6 Å². The Bertz CT molecular complexity index is 628. The lowest BCUT2D eigenvalue weighted by Gasteiger charge is -2.13. The highest BCUT2D eigenvalue weighted by atomic mass is 35.5. The number of nitrogens with zero attached hydrogens (tertiary/aromatic N) is 2. The molecule has 1 unspecified atom stereocenters. The van der Waals surface area contributed by atoms with Gasteiger partial charge in [0.1, 0.15) is 5.82 Å². The fraction of sp³-hybridized carbons (Fsp3) is 0.375. The number of benzene rings is 1. The second-order valence-electron chi connectivity index (χ2n) is 5.26. The summed E-state index contributed by atoms with van der Waals surface area (Å²) < 4.78 is 0. The van der Waals surface area contributed by atoms with E-state index in [1.165, 1.54) is 0 Å². The van der Waals surface area contributed by atoms with Gasteiger partial charge >= 0.3 is 0 Å². The largest absolute Gasteiger partial charge is 0.352 e. The van der Waals surface area contributed by atoms with Gasteiger partial charge in [0.05, 0.1) is 0 Å². The molecule has 1 atom stereocenters. The molecule has 2 N–H and O–H groups in total. The van der Waals surface area contributed by atoms with Crippen molar-refractivity contribution in [2.75, 3.05) is 10.6 Å². The first-order valence-corrected chi connectivity index (χ1v) is 7.51. The summed E-state index contributed by atoms with van der Waals surface area (Å²) >= 11 is 6.15. The van der Waals surface area contributed by atoms with Crippen LogP contribution in [0, 0.1) is 13.8 Å². The van der Waals surface area contributed by atoms with E-state index in [9.17, 15) is 0 Å². The summed E-state index contributed by atoms with van der Waals surface area (Å²) in [6, 6.07) is 8.12. The van der Waals surface area contributed by atoms with Crippen LogP contribution in [0.1, 0.15) is 31.5 Å². The average molecular weight is 305 g/mol. The van der Waals surface area contributed by atoms with E-state index >= 15 is 0 Å². The predicted molar refractivity (Wildman–Crippen MR) is 89.6 cm³/mol. The van der Waals surface area contributed by atoms with Gasteiger partial charge in [0.15, 0.2) is 0 Å². The second-order valence-corrected chi connectivity index (χ2v) is 5.67. The number of halogens is 1. The zero-order valence-corrected chi connectivity index (χ0v) is 13.6. The fourth-order valence-electron chi connectivity index (χ4n) is 1.84. The number of aromatic nitrogens is 2. The third kappa shape index (κ3) is 4.33. The Hall–Kier alpha value is -1.81. The van der Waals surface area contributed by atoms with Gasteiger partial charge in [-0.15, -0.1) is 0 Å². The molecule has 2 rings (SSSR count). The van der Waals surface area contributed by atoms with Crippen molar-refractivity contribution in [2.45, 2.75) is 40.2 Å². The van der Waals surface area contributed by atoms with Crippen LogP contribution < -0.4 is 10.6 Å². The van der Waals surface area contributed by atoms with Gasteiger partial charge in [-0.05, 0) is 44.9 Å². The number of rotatable bonds is 5. The molecule has 1 aromatic carbocycles. The van der Waals surface area contributed by atoms with Gasteiger partial charge in [-0.25, -0.2) is 4.98 Å². The van der Waals surface area contributed by atoms with Crippen molar-refractivity contribution in [3.63, 3.8) is 0 Å². The molecule has 1 aromatic heterocycles. The van der Waals surface area contributed by atoms with Crippen molar-refractivity contribution >= 4 is 29.1 Å². The topological polar surface area (TPSA) is 49.8 Å². The molecular weight excluding hydrogens is 284 g/mol. The van der Waals surface area contributed by atoms with E-state index in [4.69, 9.17) is 11.6 Å². The molecule has 1 heterocycles. The van der Waals surface area contributed by atoms with Crippen LogP contribution in [-0.4, -0.2) is 16.0 Å². The minimum atomic E-state index is 0.341. The molecule has 5 heteroatoms. The Morgan fingerprint density at radius 2 is 1.95 bits per heavy atom. The number of anilines is 3. The first kappa shape index (κ1) is 15.6. The Morgan fingerprint density at radius 1 is 1.19 bits per heavy atom. The molecule has 0 aliphatic rings. The average Bonchev–Trinajstić information content (AvgIpc) is 2.42. The van der Waals surface area contributed by atoms with Gasteiger partial charge in [0.25, 0.3) is 0 Å². The van der Waals surface area contributed by atoms with Crippen molar-refractivity contribution in [1.82, 2.24) is 9.97 Å². The first-order chi connectivity index (χ1) is 9.97. The molecule has 0 aliphatic heterocycles. The van der Waals surface area contributed by atoms with Gasteiger partial charge in [-0.3, -0.25) is 0 Å². The van der Waals surface area contributed by atoms with Crippen molar-refractivity contribution < 1.29 is 0 Å². The van der Waals surface area contributed by atoms with Crippen LogP contribution in [0.4, 0.5) is 17.5 Å². The molecule has 0 bridgehead atoms. The first-order valence-electron chi connectivity index (χ1n) is 7.13. The van der Waals surface area contributed by atoms with Crippen LogP contribution in [-0.2, 0) is 0 Å². The number of hydrogen-bond acceptors (Lipinski definition) is 4. The van der Waals surface area contributed by atoms with E-state index in [1.807, 2.05) is 38.1 Å². The van der Waals surface area contributed by atoms with Crippen LogP contribution in [0.15, 0.2) is 24.3 Å². The zero-order chi connectivity index (χ0) is 15.4. The van der Waals surface area contributed by atoms with Gasteiger partial charge in [0.2, 0.25) is 5.95 Å². The maximum Gasteiger partial charge on any atom is 0.225 e. The molecule has 0 fully saturated rings. The molecule has 112 valence electrons. The standard InChI is InChI=1S/C16H21ClN4/c1-5-11(3)18-16-19-12(4)8-15(21-16)20-13-7-6-10(2)14(17)9-13/h6-9,11H,5H2,1-4H3,(H2,18,19,20,21). The minimum absolute atomic E-state index is 0.341. The van der Waals surface area contributed by atoms with Gasteiger partial charge < -0.3 is 10.6 Å². The molecular formula is C16H21ClN4. The van der Waals surface area contributed by atoms with E-state index in [0.29, 0.717) is 12.0 Å². The van der Waals surface area contributed by atoms with Crippen LogP contribution in [0.5, 0.6) is 0 Å². The molecule has 0 amide bonds. The third-order valence-electron chi connectivity index (χ3n) is 3.29. The number of hydrogen-bond donors (Lipinski definition) is 2. The van der Waals surface area contributed by atoms with E-state index in [-0.39, 0.29) is 0 Å². The summed E-state index contributed by atoms with van der Waals surface area (Å²) in [6.45, 7) is 8.17. The lowest BCUT2D eigenvalue weighted by atomic mass is 10.2. The molecule has 4 nitrogen and oxygen atoms in total. The second kappa shape index (κ2) is 6.76. The quantitative estimate of drug-likeness (QED) is 0.840. The lowest BCUT2D eigenvalue weighted by molar-refractivity contribution is 0.752. The summed E-state index contributed by atoms with van der Waals surface area (Å²) in [6.07, 6.45) is 1.02. The summed E-state index contributed by atoms with van der Waals surface area (Å²) in [5.74, 6) is 1.40. The fourth-order valence-corrected chi connectivity index (χ4v) is 2.02. The van der Waals surface area contributed by atoms with Crippen LogP contribution in [0.3, 0.4) is 0 Å². The number of aryl methyl sites for hydroxylation is 2. The molecule has 0 saturated carbocycles. The minimum Gasteiger partial charge on any atom is -0.352 e. The Morgan fingerprint density at radius 3 is 2.62 bits per heavy atom. The third-order valence-corrected chi connectivity index (χ3v) is 3.69. The predicted octanol–water partition coefficient (Wildman–Crippen LogP) is 4.70. The van der Waals surface area contributed by atoms with E-state index in [2.05, 4.69) is 34.4 Å². The highest BCUT2D eigenvalue weighted by Crippen LogP contribution is 2.23. The van der Waals surface area contributed by atoms with Crippen LogP contribution in [0.25, 0.3) is 0 Å². The van der Waals surface area contributed by atoms with Crippen molar-refractivity contribution in [1.29, 1.82) is 0 Å². The number of nitrogens with one attached hydrogen (secondary N) is 2. The molecule has 0 radical (unpaired) electrons. The summed E-state index contributed by atoms with van der Waals surface area (Å²) in [5.41, 5.74) is 2.88. The van der Waals surface area contributed by atoms with Crippen LogP contribution in [0.2, 0.25) is 5.02 Å². The van der Waals surface area contributed by atoms with Gasteiger partial charge in [-0.2, -0.15) is 4.98 Å². The van der Waals surface area contributed by atoms with E-state index in [0.717, 1.165) is 34.2 Å². The monoisotopic (exact) mass is 304 g/mol. The van der Waals surface area contributed by atoms with Gasteiger partial charge in [0, 0.05) is 28.5 Å². The molecule has 0 aliphatic carbocycles. The van der Waals surface area contributed by atoms with Crippen molar-refractivity contribution in [3.05, 3.63) is 40.5 Å². The van der Waals surface area contributed by atoms with Crippen molar-refractivity contribution in [3.8, 4) is 0 Å². The highest BCUT2D eigenvalue weighted by Gasteiger charge is 2.06. The van der Waals surface area contributed by atoms with Gasteiger partial charge in [-0.1, -0.05) is 24.6 Å². The molecule has 21 heavy (non-hydrogen) atoms. The Kier molecular flexibility index (Phi) is 5.02. The lowest BCUT2D eigenvalue weighted by Crippen LogP contribution is -2.16. The summed E-state index contributed by atoms with van der Waals surface area (Å²) in [5, 5.41) is 7.30. The molecule has 0 saturated heterocycles. The Balaban J connectivity index is 2.21. The maximum atomic E-state index is 6.15. The Labute approximate surface area is 131 Å².